The number of hydrogen-bond acceptors (Lipinski definition) is 5. The van der Waals surface area contributed by atoms with Crippen molar-refractivity contribution in [3.63, 3.8) is 0 Å². The van der Waals surface area contributed by atoms with Crippen molar-refractivity contribution >= 4 is 34.4 Å². The van der Waals surface area contributed by atoms with Crippen LogP contribution in [0.3, 0.4) is 0 Å². The first-order valence-corrected chi connectivity index (χ1v) is 9.31. The zero-order chi connectivity index (χ0) is 17.9. The number of thiazole rings is 1. The molecule has 1 N–H and O–H groups in total. The fraction of sp³-hybridized carbons (Fsp3) is 0.0500. The topological polar surface area (TPSA) is 50.7 Å². The third-order valence-electron chi connectivity index (χ3n) is 3.84. The number of benzene rings is 2. The Morgan fingerprint density at radius 3 is 2.73 bits per heavy atom. The molecule has 0 atom stereocenters. The van der Waals surface area contributed by atoms with Crippen molar-refractivity contribution in [1.82, 2.24) is 15.0 Å². The predicted molar refractivity (Wildman–Crippen MR) is 108 cm³/mol. The molecule has 0 aliphatic carbocycles. The van der Waals surface area contributed by atoms with Crippen LogP contribution in [0.2, 0.25) is 5.02 Å². The van der Waals surface area contributed by atoms with Crippen LogP contribution < -0.4 is 5.32 Å². The number of rotatable bonds is 4. The highest BCUT2D eigenvalue weighted by Gasteiger charge is 2.10. The van der Waals surface area contributed by atoms with Crippen LogP contribution in [0.25, 0.3) is 21.8 Å². The molecule has 0 bridgehead atoms. The van der Waals surface area contributed by atoms with E-state index in [9.17, 15) is 0 Å². The van der Waals surface area contributed by atoms with Gasteiger partial charge in [-0.25, -0.2) is 15.0 Å². The van der Waals surface area contributed by atoms with Crippen molar-refractivity contribution < 1.29 is 0 Å². The molecule has 0 amide bonds. The van der Waals surface area contributed by atoms with Crippen molar-refractivity contribution in [3.05, 3.63) is 77.0 Å². The second kappa shape index (κ2) is 7.23. The van der Waals surface area contributed by atoms with Crippen LogP contribution in [0.5, 0.6) is 0 Å². The van der Waals surface area contributed by atoms with Gasteiger partial charge in [-0.2, -0.15) is 0 Å². The molecule has 2 aromatic carbocycles. The summed E-state index contributed by atoms with van der Waals surface area (Å²) in [6.07, 6.45) is 1.55. The Kier molecular flexibility index (Phi) is 4.65. The fourth-order valence-corrected chi connectivity index (χ4v) is 3.74. The molecular weight excluding hydrogens is 364 g/mol. The van der Waals surface area contributed by atoms with Gasteiger partial charge in [0.15, 0.2) is 0 Å². The van der Waals surface area contributed by atoms with Gasteiger partial charge in [0, 0.05) is 34.0 Å². The van der Waals surface area contributed by atoms with E-state index in [2.05, 4.69) is 21.4 Å². The van der Waals surface area contributed by atoms with Gasteiger partial charge in [0.1, 0.15) is 17.2 Å². The van der Waals surface area contributed by atoms with E-state index >= 15 is 0 Å². The van der Waals surface area contributed by atoms with Crippen molar-refractivity contribution in [1.29, 1.82) is 0 Å². The van der Waals surface area contributed by atoms with Gasteiger partial charge in [-0.3, -0.25) is 0 Å². The van der Waals surface area contributed by atoms with E-state index in [1.54, 1.807) is 17.7 Å². The number of anilines is 2. The number of aryl methyl sites for hydroxylation is 1. The maximum absolute atomic E-state index is 6.29. The minimum atomic E-state index is 0.711. The average Bonchev–Trinajstić information content (AvgIpc) is 3.12. The second-order valence-corrected chi connectivity index (χ2v) is 7.03. The van der Waals surface area contributed by atoms with Crippen LogP contribution in [0, 0.1) is 6.92 Å². The number of nitrogens with zero attached hydrogens (tertiary/aromatic N) is 3. The van der Waals surface area contributed by atoms with Crippen LogP contribution in [0.4, 0.5) is 11.5 Å². The van der Waals surface area contributed by atoms with Gasteiger partial charge in [-0.05, 0) is 25.1 Å². The molecule has 0 fully saturated rings. The predicted octanol–water partition coefficient (Wildman–Crippen LogP) is 5.97. The van der Waals surface area contributed by atoms with Crippen molar-refractivity contribution in [2.45, 2.75) is 6.92 Å². The summed E-state index contributed by atoms with van der Waals surface area (Å²) in [4.78, 5) is 13.1. The van der Waals surface area contributed by atoms with Gasteiger partial charge in [0.05, 0.1) is 10.7 Å². The lowest BCUT2D eigenvalue weighted by atomic mass is 10.1. The Hall–Kier alpha value is -2.76. The average molecular weight is 379 g/mol. The van der Waals surface area contributed by atoms with Gasteiger partial charge < -0.3 is 5.32 Å². The molecule has 0 saturated heterocycles. The maximum atomic E-state index is 6.29. The molecule has 0 unspecified atom stereocenters. The number of hydrogen-bond donors (Lipinski definition) is 1. The Labute approximate surface area is 160 Å². The first-order valence-electron chi connectivity index (χ1n) is 8.05. The van der Waals surface area contributed by atoms with E-state index in [-0.39, 0.29) is 0 Å². The summed E-state index contributed by atoms with van der Waals surface area (Å²) in [5.74, 6) is 0.768. The lowest BCUT2D eigenvalue weighted by Crippen LogP contribution is -1.95. The SMILES string of the molecule is Cc1cc(Nc2cccc(-c3csc(-c4ccccc4Cl)n3)c2)ncn1. The Balaban J connectivity index is 1.62. The highest BCUT2D eigenvalue weighted by molar-refractivity contribution is 7.13. The van der Waals surface area contributed by atoms with Crippen molar-refractivity contribution in [3.8, 4) is 21.8 Å². The van der Waals surface area contributed by atoms with Gasteiger partial charge in [-0.15, -0.1) is 11.3 Å². The maximum Gasteiger partial charge on any atom is 0.133 e. The van der Waals surface area contributed by atoms with E-state index in [1.807, 2.05) is 60.8 Å². The van der Waals surface area contributed by atoms with Crippen LogP contribution in [0.1, 0.15) is 5.69 Å². The summed E-state index contributed by atoms with van der Waals surface area (Å²) in [6, 6.07) is 17.8. The Bertz CT molecular complexity index is 1060. The molecule has 0 spiro atoms. The largest absolute Gasteiger partial charge is 0.340 e. The summed E-state index contributed by atoms with van der Waals surface area (Å²) in [5.41, 5.74) is 4.79. The van der Waals surface area contributed by atoms with Gasteiger partial charge >= 0.3 is 0 Å². The first kappa shape index (κ1) is 16.7. The lowest BCUT2D eigenvalue weighted by molar-refractivity contribution is 1.10. The van der Waals surface area contributed by atoms with Crippen molar-refractivity contribution in [2.24, 2.45) is 0 Å². The molecule has 128 valence electrons. The second-order valence-electron chi connectivity index (χ2n) is 5.77. The highest BCUT2D eigenvalue weighted by Crippen LogP contribution is 2.33. The van der Waals surface area contributed by atoms with Gasteiger partial charge in [0.2, 0.25) is 0 Å². The van der Waals surface area contributed by atoms with Crippen LogP contribution in [-0.2, 0) is 0 Å². The molecule has 0 aliphatic heterocycles. The summed E-state index contributed by atoms with van der Waals surface area (Å²) >= 11 is 7.87. The van der Waals surface area contributed by atoms with Crippen LogP contribution in [0.15, 0.2) is 66.3 Å². The zero-order valence-corrected chi connectivity index (χ0v) is 15.6. The molecule has 4 rings (SSSR count). The normalized spacial score (nSPS) is 10.7. The van der Waals surface area contributed by atoms with Gasteiger partial charge in [0.25, 0.3) is 0 Å². The molecule has 2 aromatic heterocycles. The monoisotopic (exact) mass is 378 g/mol. The third-order valence-corrected chi connectivity index (χ3v) is 5.05. The molecule has 0 aliphatic rings. The summed E-state index contributed by atoms with van der Waals surface area (Å²) in [5, 5.41) is 6.98. The Morgan fingerprint density at radius 2 is 1.88 bits per heavy atom. The van der Waals surface area contributed by atoms with E-state index < -0.39 is 0 Å². The van der Waals surface area contributed by atoms with Crippen LogP contribution >= 0.6 is 22.9 Å². The third kappa shape index (κ3) is 3.59. The summed E-state index contributed by atoms with van der Waals surface area (Å²) in [6.45, 7) is 1.94. The minimum absolute atomic E-state index is 0.711. The Morgan fingerprint density at radius 1 is 1.00 bits per heavy atom. The molecule has 6 heteroatoms. The highest BCUT2D eigenvalue weighted by atomic mass is 35.5. The van der Waals surface area contributed by atoms with Crippen molar-refractivity contribution in [2.75, 3.05) is 5.32 Å². The van der Waals surface area contributed by atoms with Crippen LogP contribution in [-0.4, -0.2) is 15.0 Å². The van der Waals surface area contributed by atoms with Gasteiger partial charge in [-0.1, -0.05) is 41.9 Å². The standard InChI is InChI=1S/C20H15ClN4S/c1-13-9-19(23-12-22-13)24-15-6-4-5-14(10-15)18-11-26-20(25-18)16-7-2-3-8-17(16)21/h2-12H,1H3,(H,22,23,24). The quantitative estimate of drug-likeness (QED) is 0.475. The number of aromatic nitrogens is 3. The molecule has 0 radical (unpaired) electrons. The minimum Gasteiger partial charge on any atom is -0.340 e. The summed E-state index contributed by atoms with van der Waals surface area (Å²) in [7, 11) is 0. The van der Waals surface area contributed by atoms with E-state index in [0.29, 0.717) is 5.02 Å². The first-order chi connectivity index (χ1) is 12.7. The molecule has 26 heavy (non-hydrogen) atoms. The fourth-order valence-electron chi connectivity index (χ4n) is 2.59. The molecule has 0 saturated carbocycles. The zero-order valence-electron chi connectivity index (χ0n) is 14.0. The van der Waals surface area contributed by atoms with E-state index in [4.69, 9.17) is 16.6 Å². The molecule has 4 aromatic rings. The summed E-state index contributed by atoms with van der Waals surface area (Å²) < 4.78 is 0. The van der Waals surface area contributed by atoms with E-state index in [0.717, 1.165) is 39.0 Å². The number of halogens is 1. The lowest BCUT2D eigenvalue weighted by Gasteiger charge is -2.07. The number of nitrogens with one attached hydrogen (secondary N) is 1. The molecule has 4 nitrogen and oxygen atoms in total. The smallest absolute Gasteiger partial charge is 0.133 e. The van der Waals surface area contributed by atoms with E-state index in [1.165, 1.54) is 0 Å². The molecule has 2 heterocycles. The molecular formula is C20H15ClN4S.